The first-order valence-corrected chi connectivity index (χ1v) is 4.70. The van der Waals surface area contributed by atoms with E-state index >= 15 is 0 Å². The van der Waals surface area contributed by atoms with Crippen molar-refractivity contribution in [2.45, 2.75) is 25.4 Å². The summed E-state index contributed by atoms with van der Waals surface area (Å²) < 4.78 is 36.2. The van der Waals surface area contributed by atoms with Crippen molar-refractivity contribution in [3.8, 4) is 6.07 Å². The zero-order valence-corrected chi connectivity index (χ0v) is 7.77. The van der Waals surface area contributed by atoms with E-state index in [-0.39, 0.29) is 5.92 Å². The van der Waals surface area contributed by atoms with Crippen LogP contribution in [0.5, 0.6) is 0 Å². The molecular formula is C9H13F3N2. The second-order valence-electron chi connectivity index (χ2n) is 3.64. The number of nitrogens with zero attached hydrogens (tertiary/aromatic N) is 1. The summed E-state index contributed by atoms with van der Waals surface area (Å²) >= 11 is 0. The van der Waals surface area contributed by atoms with E-state index in [1.54, 1.807) is 6.07 Å². The highest BCUT2D eigenvalue weighted by atomic mass is 19.4. The maximum Gasteiger partial charge on any atom is 0.390 e. The molecule has 1 rings (SSSR count). The number of alkyl halides is 3. The van der Waals surface area contributed by atoms with Gasteiger partial charge in [-0.25, -0.2) is 0 Å². The standard InChI is InChI=1S/C9H13F3N2/c10-9(11,12)5-8(6-13)7-1-3-14-4-2-7/h7-8,14H,1-5H2. The first kappa shape index (κ1) is 11.3. The second kappa shape index (κ2) is 4.65. The highest BCUT2D eigenvalue weighted by Crippen LogP contribution is 2.32. The van der Waals surface area contributed by atoms with Gasteiger partial charge >= 0.3 is 6.18 Å². The molecule has 1 aliphatic rings. The maximum atomic E-state index is 12.1. The molecule has 0 saturated carbocycles. The fourth-order valence-electron chi connectivity index (χ4n) is 1.81. The van der Waals surface area contributed by atoms with Gasteiger partial charge in [-0.1, -0.05) is 0 Å². The van der Waals surface area contributed by atoms with Crippen molar-refractivity contribution in [2.24, 2.45) is 11.8 Å². The second-order valence-corrected chi connectivity index (χ2v) is 3.64. The highest BCUT2D eigenvalue weighted by molar-refractivity contribution is 4.91. The van der Waals surface area contributed by atoms with Gasteiger partial charge in [0, 0.05) is 0 Å². The molecule has 1 unspecified atom stereocenters. The van der Waals surface area contributed by atoms with Crippen molar-refractivity contribution in [3.05, 3.63) is 0 Å². The molecule has 0 aromatic rings. The summed E-state index contributed by atoms with van der Waals surface area (Å²) in [6.07, 6.45) is -3.83. The van der Waals surface area contributed by atoms with Gasteiger partial charge in [-0.2, -0.15) is 18.4 Å². The van der Waals surface area contributed by atoms with E-state index in [2.05, 4.69) is 5.32 Å². The lowest BCUT2D eigenvalue weighted by molar-refractivity contribution is -0.144. The average molecular weight is 206 g/mol. The Labute approximate surface area is 81.1 Å². The van der Waals surface area contributed by atoms with Crippen molar-refractivity contribution >= 4 is 0 Å². The highest BCUT2D eigenvalue weighted by Gasteiger charge is 2.36. The van der Waals surface area contributed by atoms with Crippen LogP contribution in [0, 0.1) is 23.2 Å². The molecule has 5 heteroatoms. The molecule has 2 nitrogen and oxygen atoms in total. The summed E-state index contributed by atoms with van der Waals surface area (Å²) in [6, 6.07) is 1.78. The zero-order valence-electron chi connectivity index (χ0n) is 7.77. The SMILES string of the molecule is N#CC(CC(F)(F)F)C1CCNCC1. The molecule has 0 aromatic carbocycles. The fourth-order valence-corrected chi connectivity index (χ4v) is 1.81. The largest absolute Gasteiger partial charge is 0.390 e. The number of rotatable bonds is 2. The summed E-state index contributed by atoms with van der Waals surface area (Å²) in [4.78, 5) is 0. The Kier molecular flexibility index (Phi) is 3.76. The lowest BCUT2D eigenvalue weighted by Crippen LogP contribution is -2.32. The molecule has 0 amide bonds. The fraction of sp³-hybridized carbons (Fsp3) is 0.889. The van der Waals surface area contributed by atoms with Gasteiger partial charge in [0.2, 0.25) is 0 Å². The molecule has 1 saturated heterocycles. The lowest BCUT2D eigenvalue weighted by atomic mass is 9.84. The van der Waals surface area contributed by atoms with E-state index in [9.17, 15) is 13.2 Å². The first-order chi connectivity index (χ1) is 6.53. The smallest absolute Gasteiger partial charge is 0.317 e. The molecule has 0 radical (unpaired) electrons. The van der Waals surface area contributed by atoms with E-state index in [1.807, 2.05) is 0 Å². The summed E-state index contributed by atoms with van der Waals surface area (Å²) in [5, 5.41) is 11.7. The van der Waals surface area contributed by atoms with Gasteiger partial charge in [-0.15, -0.1) is 0 Å². The van der Waals surface area contributed by atoms with Crippen molar-refractivity contribution < 1.29 is 13.2 Å². The third kappa shape index (κ3) is 3.54. The van der Waals surface area contributed by atoms with Crippen LogP contribution in [-0.4, -0.2) is 19.3 Å². The van der Waals surface area contributed by atoms with E-state index in [1.165, 1.54) is 0 Å². The molecule has 0 bridgehead atoms. The predicted octanol–water partition coefficient (Wildman–Crippen LogP) is 2.08. The maximum absolute atomic E-state index is 12.1. The van der Waals surface area contributed by atoms with Crippen molar-refractivity contribution in [2.75, 3.05) is 13.1 Å². The normalized spacial score (nSPS) is 21.6. The van der Waals surface area contributed by atoms with Gasteiger partial charge in [-0.3, -0.25) is 0 Å². The minimum atomic E-state index is -4.22. The summed E-state index contributed by atoms with van der Waals surface area (Å²) in [5.74, 6) is -0.958. The van der Waals surface area contributed by atoms with Crippen LogP contribution < -0.4 is 5.32 Å². The minimum Gasteiger partial charge on any atom is -0.317 e. The number of hydrogen-bond acceptors (Lipinski definition) is 2. The number of nitriles is 1. The minimum absolute atomic E-state index is 0.0946. The van der Waals surface area contributed by atoms with Gasteiger partial charge in [0.1, 0.15) is 0 Å². The Morgan fingerprint density at radius 3 is 2.36 bits per heavy atom. The summed E-state index contributed by atoms with van der Waals surface area (Å²) in [6.45, 7) is 1.45. The molecule has 1 N–H and O–H groups in total. The molecule has 1 atom stereocenters. The van der Waals surface area contributed by atoms with Gasteiger partial charge in [0.25, 0.3) is 0 Å². The monoisotopic (exact) mass is 206 g/mol. The Bertz CT molecular complexity index is 213. The van der Waals surface area contributed by atoms with E-state index in [0.29, 0.717) is 12.8 Å². The molecule has 1 fully saturated rings. The van der Waals surface area contributed by atoms with Crippen LogP contribution in [-0.2, 0) is 0 Å². The Morgan fingerprint density at radius 2 is 1.93 bits per heavy atom. The Morgan fingerprint density at radius 1 is 1.36 bits per heavy atom. The first-order valence-electron chi connectivity index (χ1n) is 4.70. The average Bonchev–Trinajstić information content (AvgIpc) is 2.14. The summed E-state index contributed by atoms with van der Waals surface area (Å²) in [7, 11) is 0. The third-order valence-electron chi connectivity index (χ3n) is 2.57. The van der Waals surface area contributed by atoms with Crippen LogP contribution in [0.25, 0.3) is 0 Å². The number of hydrogen-bond donors (Lipinski definition) is 1. The lowest BCUT2D eigenvalue weighted by Gasteiger charge is -2.26. The Hall–Kier alpha value is -0.760. The number of halogens is 3. The van der Waals surface area contributed by atoms with Gasteiger partial charge in [0.05, 0.1) is 18.4 Å². The molecule has 0 aromatic heterocycles. The topological polar surface area (TPSA) is 35.8 Å². The van der Waals surface area contributed by atoms with Gasteiger partial charge in [-0.05, 0) is 31.8 Å². The van der Waals surface area contributed by atoms with Crippen molar-refractivity contribution in [1.82, 2.24) is 5.32 Å². The van der Waals surface area contributed by atoms with Gasteiger partial charge in [0.15, 0.2) is 0 Å². The number of nitrogens with one attached hydrogen (secondary N) is 1. The van der Waals surface area contributed by atoms with E-state index in [0.717, 1.165) is 13.1 Å². The molecule has 14 heavy (non-hydrogen) atoms. The van der Waals surface area contributed by atoms with Crippen LogP contribution in [0.15, 0.2) is 0 Å². The molecular weight excluding hydrogens is 193 g/mol. The van der Waals surface area contributed by atoms with E-state index in [4.69, 9.17) is 5.26 Å². The van der Waals surface area contributed by atoms with Crippen LogP contribution >= 0.6 is 0 Å². The van der Waals surface area contributed by atoms with Crippen LogP contribution in [0.1, 0.15) is 19.3 Å². The summed E-state index contributed by atoms with van der Waals surface area (Å²) in [5.41, 5.74) is 0. The van der Waals surface area contributed by atoms with Gasteiger partial charge < -0.3 is 5.32 Å². The molecule has 80 valence electrons. The number of piperidine rings is 1. The van der Waals surface area contributed by atoms with Crippen LogP contribution in [0.4, 0.5) is 13.2 Å². The van der Waals surface area contributed by atoms with E-state index < -0.39 is 18.5 Å². The quantitative estimate of drug-likeness (QED) is 0.750. The molecule has 0 spiro atoms. The van der Waals surface area contributed by atoms with Crippen molar-refractivity contribution in [3.63, 3.8) is 0 Å². The Balaban J connectivity index is 2.49. The molecule has 1 aliphatic heterocycles. The van der Waals surface area contributed by atoms with Crippen LogP contribution in [0.2, 0.25) is 0 Å². The predicted molar refractivity (Wildman–Crippen MR) is 45.4 cm³/mol. The third-order valence-corrected chi connectivity index (χ3v) is 2.57. The molecule has 0 aliphatic carbocycles. The molecule has 1 heterocycles. The van der Waals surface area contributed by atoms with Crippen LogP contribution in [0.3, 0.4) is 0 Å². The van der Waals surface area contributed by atoms with Crippen molar-refractivity contribution in [1.29, 1.82) is 5.26 Å². The zero-order chi connectivity index (χ0) is 10.6.